The van der Waals surface area contributed by atoms with E-state index in [1.165, 1.54) is 23.6 Å². The Morgan fingerprint density at radius 3 is 2.64 bits per heavy atom. The highest BCUT2D eigenvalue weighted by atomic mass is 32.2. The molecule has 0 radical (unpaired) electrons. The van der Waals surface area contributed by atoms with Crippen LogP contribution in [0.2, 0.25) is 0 Å². The highest BCUT2D eigenvalue weighted by Gasteiger charge is 2.56. The van der Waals surface area contributed by atoms with Crippen molar-refractivity contribution in [3.8, 4) is 0 Å². The number of rotatable bonds is 6. The summed E-state index contributed by atoms with van der Waals surface area (Å²) in [5, 5.41) is 19.0. The molecule has 3 atom stereocenters. The molecule has 8 heteroatoms. The first kappa shape index (κ1) is 16.8. The Bertz CT molecular complexity index is 545. The number of hydrogen-bond donors (Lipinski definition) is 2. The van der Waals surface area contributed by atoms with Gasteiger partial charge in [0.1, 0.15) is 5.70 Å². The van der Waals surface area contributed by atoms with E-state index in [4.69, 9.17) is 0 Å². The number of fused-ring (bicyclic) bond motifs is 1. The van der Waals surface area contributed by atoms with Gasteiger partial charge in [-0.1, -0.05) is 0 Å². The molecule has 0 unspecified atom stereocenters. The van der Waals surface area contributed by atoms with Gasteiger partial charge in [0, 0.05) is 37.6 Å². The molecule has 22 heavy (non-hydrogen) atoms. The molecular formula is C14H20N2O5S. The lowest BCUT2D eigenvalue weighted by Crippen LogP contribution is -2.61. The number of carboxylic acids is 1. The number of thioether (sulfide) groups is 1. The van der Waals surface area contributed by atoms with Gasteiger partial charge >= 0.3 is 5.97 Å². The van der Waals surface area contributed by atoms with E-state index in [0.717, 1.165) is 0 Å². The van der Waals surface area contributed by atoms with Crippen molar-refractivity contribution in [1.82, 2.24) is 9.80 Å². The van der Waals surface area contributed by atoms with Gasteiger partial charge in [0.2, 0.25) is 11.8 Å². The van der Waals surface area contributed by atoms with E-state index in [0.29, 0.717) is 23.6 Å². The molecule has 2 aliphatic heterocycles. The van der Waals surface area contributed by atoms with Gasteiger partial charge in [0.05, 0.1) is 18.1 Å². The Kier molecular flexibility index (Phi) is 4.81. The van der Waals surface area contributed by atoms with Crippen LogP contribution in [0.5, 0.6) is 0 Å². The van der Waals surface area contributed by atoms with Crippen LogP contribution < -0.4 is 0 Å². The number of carbonyl (C=O) groups is 3. The average Bonchev–Trinajstić information content (AvgIpc) is 2.72. The van der Waals surface area contributed by atoms with Gasteiger partial charge in [0.25, 0.3) is 0 Å². The standard InChI is InChI=1S/C14H20N2O5S/c1-7(17)11-9-6-10(22-5-4-15(3)8(2)18)12(14(20)21)16(9)13(11)19/h7,9,11,17H,4-6H2,1-3H3,(H,20,21)/t7-,9-,11-/m1/s1. The van der Waals surface area contributed by atoms with Gasteiger partial charge in [0.15, 0.2) is 0 Å². The molecule has 7 nitrogen and oxygen atoms in total. The summed E-state index contributed by atoms with van der Waals surface area (Å²) in [4.78, 5) is 38.1. The Balaban J connectivity index is 2.06. The minimum Gasteiger partial charge on any atom is -0.477 e. The lowest BCUT2D eigenvalue weighted by molar-refractivity contribution is -0.161. The Morgan fingerprint density at radius 1 is 1.50 bits per heavy atom. The fraction of sp³-hybridized carbons (Fsp3) is 0.643. The summed E-state index contributed by atoms with van der Waals surface area (Å²) < 4.78 is 0. The second-order valence-corrected chi connectivity index (χ2v) is 6.80. The van der Waals surface area contributed by atoms with Crippen LogP contribution in [0.25, 0.3) is 0 Å². The number of aliphatic carboxylic acids is 1. The third-order valence-electron chi connectivity index (χ3n) is 4.13. The molecule has 0 aromatic rings. The van der Waals surface area contributed by atoms with Crippen LogP contribution in [-0.4, -0.2) is 69.3 Å². The number of hydrogen-bond acceptors (Lipinski definition) is 5. The molecule has 0 aromatic carbocycles. The van der Waals surface area contributed by atoms with Gasteiger partial charge in [-0.15, -0.1) is 11.8 Å². The maximum absolute atomic E-state index is 12.0. The molecule has 1 fully saturated rings. The molecular weight excluding hydrogens is 308 g/mol. The highest BCUT2D eigenvalue weighted by Crippen LogP contribution is 2.46. The second kappa shape index (κ2) is 6.29. The fourth-order valence-electron chi connectivity index (χ4n) is 2.82. The Morgan fingerprint density at radius 2 is 2.14 bits per heavy atom. The first-order chi connectivity index (χ1) is 10.3. The molecule has 0 bridgehead atoms. The lowest BCUT2D eigenvalue weighted by Gasteiger charge is -2.44. The summed E-state index contributed by atoms with van der Waals surface area (Å²) in [6.07, 6.45) is -0.325. The monoisotopic (exact) mass is 328 g/mol. The smallest absolute Gasteiger partial charge is 0.353 e. The largest absolute Gasteiger partial charge is 0.477 e. The van der Waals surface area contributed by atoms with E-state index < -0.39 is 18.0 Å². The van der Waals surface area contributed by atoms with E-state index in [9.17, 15) is 24.6 Å². The highest BCUT2D eigenvalue weighted by molar-refractivity contribution is 8.03. The predicted molar refractivity (Wildman–Crippen MR) is 80.9 cm³/mol. The first-order valence-electron chi connectivity index (χ1n) is 7.07. The van der Waals surface area contributed by atoms with Crippen molar-refractivity contribution in [3.05, 3.63) is 10.6 Å². The third kappa shape index (κ3) is 2.85. The lowest BCUT2D eigenvalue weighted by atomic mass is 9.83. The minimum absolute atomic E-state index is 0.0300. The molecule has 0 spiro atoms. The zero-order valence-corrected chi connectivity index (χ0v) is 13.6. The van der Waals surface area contributed by atoms with E-state index in [-0.39, 0.29) is 23.6 Å². The quantitative estimate of drug-likeness (QED) is 0.671. The van der Waals surface area contributed by atoms with Gasteiger partial charge in [-0.25, -0.2) is 4.79 Å². The fourth-order valence-corrected chi connectivity index (χ4v) is 4.05. The van der Waals surface area contributed by atoms with Gasteiger partial charge < -0.3 is 20.0 Å². The Labute approximate surface area is 132 Å². The van der Waals surface area contributed by atoms with Gasteiger partial charge in [-0.3, -0.25) is 9.59 Å². The van der Waals surface area contributed by atoms with Crippen molar-refractivity contribution in [3.63, 3.8) is 0 Å². The molecule has 2 N–H and O–H groups in total. The van der Waals surface area contributed by atoms with Crippen LogP contribution >= 0.6 is 11.8 Å². The number of aliphatic hydroxyl groups excluding tert-OH is 1. The topological polar surface area (TPSA) is 98.2 Å². The molecule has 2 heterocycles. The van der Waals surface area contributed by atoms with Crippen LogP contribution in [0, 0.1) is 5.92 Å². The third-order valence-corrected chi connectivity index (χ3v) is 5.23. The van der Waals surface area contributed by atoms with Crippen molar-refractivity contribution in [2.45, 2.75) is 32.4 Å². The number of carboxylic acid groups (broad SMARTS) is 1. The van der Waals surface area contributed by atoms with E-state index in [2.05, 4.69) is 0 Å². The molecule has 0 saturated carbocycles. The van der Waals surface area contributed by atoms with Crippen LogP contribution in [-0.2, 0) is 14.4 Å². The van der Waals surface area contributed by atoms with Crippen LogP contribution in [0.1, 0.15) is 20.3 Å². The first-order valence-corrected chi connectivity index (χ1v) is 8.06. The summed E-state index contributed by atoms with van der Waals surface area (Å²) in [6.45, 7) is 3.53. The maximum atomic E-state index is 12.0. The van der Waals surface area contributed by atoms with Gasteiger partial charge in [-0.2, -0.15) is 0 Å². The van der Waals surface area contributed by atoms with E-state index in [1.807, 2.05) is 0 Å². The molecule has 0 aromatic heterocycles. The number of β-lactam (4-membered cyclic amide) rings is 1. The van der Waals surface area contributed by atoms with Crippen LogP contribution in [0.3, 0.4) is 0 Å². The van der Waals surface area contributed by atoms with E-state index >= 15 is 0 Å². The second-order valence-electron chi connectivity index (χ2n) is 5.61. The summed E-state index contributed by atoms with van der Waals surface area (Å²) >= 11 is 1.36. The summed E-state index contributed by atoms with van der Waals surface area (Å²) in [5.41, 5.74) is 0.0300. The van der Waals surface area contributed by atoms with E-state index in [1.54, 1.807) is 18.9 Å². The molecule has 1 saturated heterocycles. The van der Waals surface area contributed by atoms with Crippen molar-refractivity contribution < 1.29 is 24.6 Å². The number of carbonyl (C=O) groups excluding carboxylic acids is 2. The van der Waals surface area contributed by atoms with Crippen molar-refractivity contribution in [1.29, 1.82) is 0 Å². The summed E-state index contributed by atoms with van der Waals surface area (Å²) in [6, 6.07) is -0.258. The number of aliphatic hydroxyl groups is 1. The van der Waals surface area contributed by atoms with Crippen LogP contribution in [0.15, 0.2) is 10.6 Å². The Hall–Kier alpha value is -1.54. The molecule has 2 rings (SSSR count). The summed E-state index contributed by atoms with van der Waals surface area (Å²) in [5.74, 6) is -1.45. The zero-order chi connectivity index (χ0) is 16.6. The number of nitrogens with zero attached hydrogens (tertiary/aromatic N) is 2. The SMILES string of the molecule is CC(=O)N(C)CCSC1=C(C(=O)O)N2C(=O)[C@H]([C@@H](C)O)[C@H]2C1. The molecule has 0 aliphatic carbocycles. The minimum atomic E-state index is -1.12. The molecule has 122 valence electrons. The van der Waals surface area contributed by atoms with Crippen molar-refractivity contribution >= 4 is 29.5 Å². The molecule has 2 amide bonds. The molecule has 2 aliphatic rings. The van der Waals surface area contributed by atoms with Crippen molar-refractivity contribution in [2.24, 2.45) is 5.92 Å². The van der Waals surface area contributed by atoms with Crippen molar-refractivity contribution in [2.75, 3.05) is 19.3 Å². The summed E-state index contributed by atoms with van der Waals surface area (Å²) in [7, 11) is 1.68. The van der Waals surface area contributed by atoms with Gasteiger partial charge in [-0.05, 0) is 6.92 Å². The number of amides is 2. The zero-order valence-electron chi connectivity index (χ0n) is 12.8. The predicted octanol–water partition coefficient (Wildman–Crippen LogP) is 0.106. The van der Waals surface area contributed by atoms with Crippen LogP contribution in [0.4, 0.5) is 0 Å². The maximum Gasteiger partial charge on any atom is 0.353 e. The average molecular weight is 328 g/mol. The normalized spacial score (nSPS) is 24.9.